The molecule has 0 aromatic heterocycles. The average molecular weight is 283 g/mol. The Bertz CT molecular complexity index is 333. The van der Waals surface area contributed by atoms with E-state index in [4.69, 9.17) is 0 Å². The first-order valence-electron chi connectivity index (χ1n) is 7.64. The van der Waals surface area contributed by atoms with Crippen molar-refractivity contribution in [2.75, 3.05) is 33.7 Å². The van der Waals surface area contributed by atoms with E-state index in [0.29, 0.717) is 6.54 Å². The standard InChI is InChI=1S/C15H29N3O2/c1-5-7-15(8-6-9-17-11-15)14(20)18(4)10-12(2)13(19)16-3/h12,17H,5-11H2,1-4H3,(H,16,19). The highest BCUT2D eigenvalue weighted by Crippen LogP contribution is 2.33. The highest BCUT2D eigenvalue weighted by molar-refractivity contribution is 5.84. The summed E-state index contributed by atoms with van der Waals surface area (Å²) in [7, 11) is 3.44. The van der Waals surface area contributed by atoms with Crippen LogP contribution in [0.1, 0.15) is 39.5 Å². The number of carbonyl (C=O) groups excluding carboxylic acids is 2. The SMILES string of the molecule is CCCC1(C(=O)N(C)CC(C)C(=O)NC)CCCNC1. The van der Waals surface area contributed by atoms with Crippen LogP contribution < -0.4 is 10.6 Å². The Morgan fingerprint density at radius 1 is 1.45 bits per heavy atom. The summed E-state index contributed by atoms with van der Waals surface area (Å²) in [5.41, 5.74) is -0.274. The molecule has 2 amide bonds. The van der Waals surface area contributed by atoms with E-state index in [2.05, 4.69) is 17.6 Å². The van der Waals surface area contributed by atoms with Gasteiger partial charge in [-0.25, -0.2) is 0 Å². The molecule has 1 rings (SSSR count). The summed E-state index contributed by atoms with van der Waals surface area (Å²) in [6, 6.07) is 0. The number of piperidine rings is 1. The Kier molecular flexibility index (Phi) is 6.46. The molecule has 116 valence electrons. The van der Waals surface area contributed by atoms with E-state index >= 15 is 0 Å². The number of rotatable bonds is 6. The van der Waals surface area contributed by atoms with Crippen molar-refractivity contribution >= 4 is 11.8 Å². The lowest BCUT2D eigenvalue weighted by Gasteiger charge is -2.39. The minimum atomic E-state index is -0.274. The topological polar surface area (TPSA) is 61.4 Å². The Morgan fingerprint density at radius 2 is 2.15 bits per heavy atom. The molecule has 2 atom stereocenters. The monoisotopic (exact) mass is 283 g/mol. The summed E-state index contributed by atoms with van der Waals surface area (Å²) in [5.74, 6) is -0.0116. The zero-order valence-corrected chi connectivity index (χ0v) is 13.3. The molecule has 0 aromatic rings. The number of hydrogen-bond donors (Lipinski definition) is 2. The molecule has 5 heteroatoms. The van der Waals surface area contributed by atoms with Crippen molar-refractivity contribution in [3.63, 3.8) is 0 Å². The molecule has 0 aromatic carbocycles. The van der Waals surface area contributed by atoms with E-state index in [1.165, 1.54) is 0 Å². The van der Waals surface area contributed by atoms with Crippen LogP contribution in [0.4, 0.5) is 0 Å². The molecule has 1 aliphatic rings. The van der Waals surface area contributed by atoms with Crippen LogP contribution >= 0.6 is 0 Å². The van der Waals surface area contributed by atoms with Gasteiger partial charge in [-0.05, 0) is 25.8 Å². The van der Waals surface area contributed by atoms with E-state index < -0.39 is 0 Å². The molecule has 20 heavy (non-hydrogen) atoms. The lowest BCUT2D eigenvalue weighted by molar-refractivity contribution is -0.143. The summed E-state index contributed by atoms with van der Waals surface area (Å²) in [6.45, 7) is 6.21. The van der Waals surface area contributed by atoms with Gasteiger partial charge in [0.2, 0.25) is 11.8 Å². The predicted molar refractivity (Wildman–Crippen MR) is 80.3 cm³/mol. The van der Waals surface area contributed by atoms with Gasteiger partial charge in [0.1, 0.15) is 0 Å². The Morgan fingerprint density at radius 3 is 2.65 bits per heavy atom. The molecular weight excluding hydrogens is 254 g/mol. The summed E-state index contributed by atoms with van der Waals surface area (Å²) >= 11 is 0. The maximum Gasteiger partial charge on any atom is 0.229 e. The van der Waals surface area contributed by atoms with Crippen molar-refractivity contribution in [3.05, 3.63) is 0 Å². The third kappa shape index (κ3) is 3.95. The van der Waals surface area contributed by atoms with Crippen molar-refractivity contribution in [2.24, 2.45) is 11.3 Å². The molecule has 2 unspecified atom stereocenters. The maximum absolute atomic E-state index is 12.8. The predicted octanol–water partition coefficient (Wildman–Crippen LogP) is 0.997. The van der Waals surface area contributed by atoms with Gasteiger partial charge in [-0.15, -0.1) is 0 Å². The molecule has 1 aliphatic heterocycles. The summed E-state index contributed by atoms with van der Waals surface area (Å²) in [5, 5.41) is 5.99. The van der Waals surface area contributed by atoms with E-state index in [1.54, 1.807) is 11.9 Å². The van der Waals surface area contributed by atoms with Gasteiger partial charge in [-0.3, -0.25) is 9.59 Å². The van der Waals surface area contributed by atoms with Gasteiger partial charge in [0.15, 0.2) is 0 Å². The second-order valence-corrected chi connectivity index (χ2v) is 6.01. The third-order valence-electron chi connectivity index (χ3n) is 4.24. The van der Waals surface area contributed by atoms with Crippen molar-refractivity contribution in [1.29, 1.82) is 0 Å². The zero-order chi connectivity index (χ0) is 15.2. The first-order chi connectivity index (χ1) is 9.46. The van der Waals surface area contributed by atoms with Crippen LogP contribution in [0.2, 0.25) is 0 Å². The summed E-state index contributed by atoms with van der Waals surface area (Å²) < 4.78 is 0. The largest absolute Gasteiger partial charge is 0.359 e. The molecule has 2 N–H and O–H groups in total. The van der Waals surface area contributed by atoms with Gasteiger partial charge in [0, 0.05) is 27.2 Å². The Hall–Kier alpha value is -1.10. The Labute approximate surface area is 122 Å². The van der Waals surface area contributed by atoms with Crippen LogP contribution in [0.3, 0.4) is 0 Å². The fourth-order valence-corrected chi connectivity index (χ4v) is 3.18. The smallest absolute Gasteiger partial charge is 0.229 e. The van der Waals surface area contributed by atoms with Crippen molar-refractivity contribution in [3.8, 4) is 0 Å². The number of nitrogens with zero attached hydrogens (tertiary/aromatic N) is 1. The maximum atomic E-state index is 12.8. The molecule has 0 radical (unpaired) electrons. The summed E-state index contributed by atoms with van der Waals surface area (Å²) in [6.07, 6.45) is 3.92. The average Bonchev–Trinajstić information content (AvgIpc) is 2.46. The summed E-state index contributed by atoms with van der Waals surface area (Å²) in [4.78, 5) is 26.1. The lowest BCUT2D eigenvalue weighted by Crippen LogP contribution is -2.52. The number of amides is 2. The molecular formula is C15H29N3O2. The minimum absolute atomic E-state index is 0.0176. The third-order valence-corrected chi connectivity index (χ3v) is 4.24. The van der Waals surface area contributed by atoms with Gasteiger partial charge >= 0.3 is 0 Å². The Balaban J connectivity index is 2.71. The van der Waals surface area contributed by atoms with Crippen LogP contribution in [0.25, 0.3) is 0 Å². The normalized spacial score (nSPS) is 24.0. The van der Waals surface area contributed by atoms with Crippen LogP contribution in [-0.4, -0.2) is 50.4 Å². The van der Waals surface area contributed by atoms with Gasteiger partial charge in [0.05, 0.1) is 11.3 Å². The molecule has 0 spiro atoms. The lowest BCUT2D eigenvalue weighted by atomic mass is 9.75. The first-order valence-corrected chi connectivity index (χ1v) is 7.64. The quantitative estimate of drug-likeness (QED) is 0.764. The van der Waals surface area contributed by atoms with Crippen molar-refractivity contribution in [2.45, 2.75) is 39.5 Å². The highest BCUT2D eigenvalue weighted by Gasteiger charge is 2.40. The second kappa shape index (κ2) is 7.62. The molecule has 5 nitrogen and oxygen atoms in total. The molecule has 1 fully saturated rings. The first kappa shape index (κ1) is 17.0. The van der Waals surface area contributed by atoms with Gasteiger partial charge in [0.25, 0.3) is 0 Å². The second-order valence-electron chi connectivity index (χ2n) is 6.01. The van der Waals surface area contributed by atoms with Gasteiger partial charge in [-0.1, -0.05) is 20.3 Å². The van der Waals surface area contributed by atoms with Gasteiger partial charge in [-0.2, -0.15) is 0 Å². The van der Waals surface area contributed by atoms with Crippen LogP contribution in [0.5, 0.6) is 0 Å². The molecule has 0 bridgehead atoms. The van der Waals surface area contributed by atoms with Crippen LogP contribution in [0.15, 0.2) is 0 Å². The van der Waals surface area contributed by atoms with Crippen LogP contribution in [0, 0.1) is 11.3 Å². The highest BCUT2D eigenvalue weighted by atomic mass is 16.2. The van der Waals surface area contributed by atoms with Crippen molar-refractivity contribution < 1.29 is 9.59 Å². The van der Waals surface area contributed by atoms with Crippen molar-refractivity contribution in [1.82, 2.24) is 15.5 Å². The fraction of sp³-hybridized carbons (Fsp3) is 0.867. The molecule has 1 heterocycles. The van der Waals surface area contributed by atoms with E-state index in [1.807, 2.05) is 14.0 Å². The molecule has 0 saturated carbocycles. The number of hydrogen-bond acceptors (Lipinski definition) is 3. The van der Waals surface area contributed by atoms with Crippen LogP contribution in [-0.2, 0) is 9.59 Å². The van der Waals surface area contributed by atoms with E-state index in [-0.39, 0.29) is 23.1 Å². The van der Waals surface area contributed by atoms with E-state index in [0.717, 1.165) is 38.8 Å². The van der Waals surface area contributed by atoms with Gasteiger partial charge < -0.3 is 15.5 Å². The fourth-order valence-electron chi connectivity index (χ4n) is 3.18. The molecule has 0 aliphatic carbocycles. The number of carbonyl (C=O) groups is 2. The molecule has 1 saturated heterocycles. The number of nitrogens with one attached hydrogen (secondary N) is 2. The van der Waals surface area contributed by atoms with E-state index in [9.17, 15) is 9.59 Å². The zero-order valence-electron chi connectivity index (χ0n) is 13.3. The minimum Gasteiger partial charge on any atom is -0.359 e.